The second-order valence-corrected chi connectivity index (χ2v) is 5.74. The van der Waals surface area contributed by atoms with Crippen LogP contribution in [0.2, 0.25) is 0 Å². The van der Waals surface area contributed by atoms with E-state index in [0.29, 0.717) is 0 Å². The summed E-state index contributed by atoms with van der Waals surface area (Å²) in [6.07, 6.45) is -14.3. The minimum atomic E-state index is -1.69. The number of rotatable bonds is 5. The van der Waals surface area contributed by atoms with Crippen molar-refractivity contribution < 1.29 is 54.7 Å². The summed E-state index contributed by atoms with van der Waals surface area (Å²) in [7, 11) is 1.24. The summed E-state index contributed by atoms with van der Waals surface area (Å²) >= 11 is 0. The quantitative estimate of drug-likeness (QED) is 0.251. The third kappa shape index (κ3) is 3.71. The molecular formula is C13H24O11. The molecule has 0 bridgehead atoms. The second kappa shape index (κ2) is 8.29. The highest BCUT2D eigenvalue weighted by Gasteiger charge is 2.50. The molecule has 7 N–H and O–H groups in total. The number of aliphatic hydroxyl groups is 7. The van der Waals surface area contributed by atoms with Gasteiger partial charge in [0.15, 0.2) is 12.6 Å². The van der Waals surface area contributed by atoms with E-state index in [4.69, 9.17) is 24.1 Å². The van der Waals surface area contributed by atoms with Crippen LogP contribution in [0.15, 0.2) is 0 Å². The maximum Gasteiger partial charge on any atom is 0.187 e. The van der Waals surface area contributed by atoms with Crippen LogP contribution in [-0.2, 0) is 18.9 Å². The summed E-state index contributed by atoms with van der Waals surface area (Å²) in [6, 6.07) is 0. The van der Waals surface area contributed by atoms with Crippen molar-refractivity contribution in [3.8, 4) is 0 Å². The standard InChI is InChI=1S/C13H24O11/c1-21-12-10(20)8(18)11(5(3-15)23-12)24-13-9(19)7(17)6(16)4(2-14)22-13/h4-20H,2-3H2,1H3/t4?,5?,6-,7-,8+,9?,10?,11+,12-,13-/m0/s1. The van der Waals surface area contributed by atoms with E-state index in [2.05, 4.69) is 0 Å². The van der Waals surface area contributed by atoms with E-state index >= 15 is 0 Å². The molecule has 2 aliphatic heterocycles. The topological polar surface area (TPSA) is 179 Å². The van der Waals surface area contributed by atoms with E-state index in [9.17, 15) is 30.6 Å². The zero-order valence-electron chi connectivity index (χ0n) is 13.0. The van der Waals surface area contributed by atoms with Crippen molar-refractivity contribution in [2.45, 2.75) is 61.4 Å². The predicted octanol–water partition coefficient (Wildman–Crippen LogP) is -4.74. The molecule has 0 saturated carbocycles. The molecule has 24 heavy (non-hydrogen) atoms. The molecule has 2 aliphatic rings. The molecule has 2 rings (SSSR count). The smallest absolute Gasteiger partial charge is 0.187 e. The molecule has 0 radical (unpaired) electrons. The Labute approximate surface area is 137 Å². The van der Waals surface area contributed by atoms with Gasteiger partial charge in [-0.2, -0.15) is 0 Å². The minimum Gasteiger partial charge on any atom is -0.394 e. The summed E-state index contributed by atoms with van der Waals surface area (Å²) in [5.74, 6) is 0. The lowest BCUT2D eigenvalue weighted by molar-refractivity contribution is -0.357. The fraction of sp³-hybridized carbons (Fsp3) is 1.00. The van der Waals surface area contributed by atoms with Gasteiger partial charge in [-0.25, -0.2) is 0 Å². The van der Waals surface area contributed by atoms with Crippen LogP contribution in [-0.4, -0.2) is 117 Å². The van der Waals surface area contributed by atoms with Gasteiger partial charge >= 0.3 is 0 Å². The lowest BCUT2D eigenvalue weighted by atomic mass is 9.97. The zero-order chi connectivity index (χ0) is 18.0. The molecule has 2 saturated heterocycles. The van der Waals surface area contributed by atoms with E-state index in [0.717, 1.165) is 0 Å². The van der Waals surface area contributed by atoms with Crippen molar-refractivity contribution in [3.63, 3.8) is 0 Å². The fourth-order valence-corrected chi connectivity index (χ4v) is 2.75. The summed E-state index contributed by atoms with van der Waals surface area (Å²) in [5.41, 5.74) is 0. The third-order valence-electron chi connectivity index (χ3n) is 4.19. The SMILES string of the molecule is CO[C@H]1OC(CO)[C@@H](O[C@@H]2OC(CO)[C@H](O)[C@H](O)C2O)[C@H](O)C1O. The Morgan fingerprint density at radius 2 is 1.25 bits per heavy atom. The van der Waals surface area contributed by atoms with Crippen molar-refractivity contribution in [3.05, 3.63) is 0 Å². The van der Waals surface area contributed by atoms with Crippen molar-refractivity contribution >= 4 is 0 Å². The first-order valence-electron chi connectivity index (χ1n) is 7.46. The number of hydrogen-bond acceptors (Lipinski definition) is 11. The Morgan fingerprint density at radius 1 is 0.708 bits per heavy atom. The fourth-order valence-electron chi connectivity index (χ4n) is 2.75. The van der Waals surface area contributed by atoms with E-state index in [1.54, 1.807) is 0 Å². The van der Waals surface area contributed by atoms with Crippen molar-refractivity contribution in [1.82, 2.24) is 0 Å². The molecular weight excluding hydrogens is 332 g/mol. The average Bonchev–Trinajstić information content (AvgIpc) is 2.59. The van der Waals surface area contributed by atoms with Crippen LogP contribution in [0.3, 0.4) is 0 Å². The summed E-state index contributed by atoms with van der Waals surface area (Å²) in [4.78, 5) is 0. The Hall–Kier alpha value is -0.440. The molecule has 142 valence electrons. The average molecular weight is 356 g/mol. The molecule has 0 aromatic rings. The molecule has 0 aromatic carbocycles. The second-order valence-electron chi connectivity index (χ2n) is 5.74. The number of ether oxygens (including phenoxy) is 4. The van der Waals surface area contributed by atoms with Crippen LogP contribution < -0.4 is 0 Å². The third-order valence-corrected chi connectivity index (χ3v) is 4.19. The Bertz CT molecular complexity index is 392. The normalized spacial score (nSPS) is 50.0. The highest BCUT2D eigenvalue weighted by atomic mass is 16.7. The van der Waals surface area contributed by atoms with Crippen LogP contribution in [0, 0.1) is 0 Å². The van der Waals surface area contributed by atoms with Gasteiger partial charge in [0.2, 0.25) is 0 Å². The van der Waals surface area contributed by atoms with Gasteiger partial charge in [0.25, 0.3) is 0 Å². The van der Waals surface area contributed by atoms with Crippen molar-refractivity contribution in [1.29, 1.82) is 0 Å². The van der Waals surface area contributed by atoms with E-state index < -0.39 is 74.6 Å². The lowest BCUT2D eigenvalue weighted by Gasteiger charge is -2.45. The molecule has 11 nitrogen and oxygen atoms in total. The van der Waals surface area contributed by atoms with Gasteiger partial charge in [0, 0.05) is 7.11 Å². The molecule has 0 spiro atoms. The van der Waals surface area contributed by atoms with Crippen molar-refractivity contribution in [2.75, 3.05) is 20.3 Å². The molecule has 2 fully saturated rings. The maximum atomic E-state index is 10.2. The van der Waals surface area contributed by atoms with Gasteiger partial charge in [-0.15, -0.1) is 0 Å². The first-order chi connectivity index (χ1) is 11.3. The number of hydrogen-bond donors (Lipinski definition) is 7. The summed E-state index contributed by atoms with van der Waals surface area (Å²) in [6.45, 7) is -1.24. The maximum absolute atomic E-state index is 10.2. The van der Waals surface area contributed by atoms with Crippen molar-refractivity contribution in [2.24, 2.45) is 0 Å². The first-order valence-corrected chi connectivity index (χ1v) is 7.46. The Kier molecular flexibility index (Phi) is 6.87. The van der Waals surface area contributed by atoms with E-state index in [1.807, 2.05) is 0 Å². The van der Waals surface area contributed by atoms with Gasteiger partial charge in [0.1, 0.15) is 48.8 Å². The van der Waals surface area contributed by atoms with Crippen LogP contribution >= 0.6 is 0 Å². The van der Waals surface area contributed by atoms with Gasteiger partial charge in [-0.05, 0) is 0 Å². The first kappa shape index (κ1) is 19.9. The monoisotopic (exact) mass is 356 g/mol. The predicted molar refractivity (Wildman–Crippen MR) is 73.4 cm³/mol. The Morgan fingerprint density at radius 3 is 1.79 bits per heavy atom. The van der Waals surface area contributed by atoms with Gasteiger partial charge in [-0.3, -0.25) is 0 Å². The van der Waals surface area contributed by atoms with Gasteiger partial charge in [0.05, 0.1) is 13.2 Å². The van der Waals surface area contributed by atoms with E-state index in [1.165, 1.54) is 7.11 Å². The molecule has 0 amide bonds. The molecule has 10 atom stereocenters. The zero-order valence-corrected chi connectivity index (χ0v) is 13.0. The molecule has 0 aromatic heterocycles. The van der Waals surface area contributed by atoms with Crippen LogP contribution in [0.25, 0.3) is 0 Å². The lowest BCUT2D eigenvalue weighted by Crippen LogP contribution is -2.64. The minimum absolute atomic E-state index is 0.592. The number of aliphatic hydroxyl groups excluding tert-OH is 7. The van der Waals surface area contributed by atoms with Crippen LogP contribution in [0.1, 0.15) is 0 Å². The molecule has 0 aliphatic carbocycles. The molecule has 4 unspecified atom stereocenters. The number of methoxy groups -OCH3 is 1. The summed E-state index contributed by atoms with van der Waals surface area (Å²) < 4.78 is 20.6. The molecule has 11 heteroatoms. The highest BCUT2D eigenvalue weighted by Crippen LogP contribution is 2.29. The van der Waals surface area contributed by atoms with Gasteiger partial charge < -0.3 is 54.7 Å². The van der Waals surface area contributed by atoms with Crippen LogP contribution in [0.4, 0.5) is 0 Å². The summed E-state index contributed by atoms with van der Waals surface area (Å²) in [5, 5.41) is 68.0. The highest BCUT2D eigenvalue weighted by molar-refractivity contribution is 4.93. The van der Waals surface area contributed by atoms with Crippen LogP contribution in [0.5, 0.6) is 0 Å². The van der Waals surface area contributed by atoms with Gasteiger partial charge in [-0.1, -0.05) is 0 Å². The Balaban J connectivity index is 2.12. The largest absolute Gasteiger partial charge is 0.394 e. The van der Waals surface area contributed by atoms with E-state index in [-0.39, 0.29) is 0 Å². The molecule has 2 heterocycles.